The zero-order chi connectivity index (χ0) is 18.4. The molecule has 1 aliphatic carbocycles. The second kappa shape index (κ2) is 8.51. The van der Waals surface area contributed by atoms with Gasteiger partial charge in [0, 0.05) is 25.9 Å². The van der Waals surface area contributed by atoms with Crippen molar-refractivity contribution >= 4 is 11.8 Å². The van der Waals surface area contributed by atoms with Crippen LogP contribution < -0.4 is 15.4 Å². The summed E-state index contributed by atoms with van der Waals surface area (Å²) in [6, 6.07) is 7.60. The molecule has 0 unspecified atom stereocenters. The number of amides is 2. The lowest BCUT2D eigenvalue weighted by molar-refractivity contribution is -0.161. The smallest absolute Gasteiger partial charge is 0.309 e. The van der Waals surface area contributed by atoms with Crippen molar-refractivity contribution in [2.24, 2.45) is 0 Å². The number of rotatable bonds is 6. The second-order valence-electron chi connectivity index (χ2n) is 6.70. The zero-order valence-corrected chi connectivity index (χ0v) is 15.1. The lowest BCUT2D eigenvalue weighted by Crippen LogP contribution is -2.44. The largest absolute Gasteiger partial charge is 0.496 e. The molecule has 7 nitrogen and oxygen atoms in total. The highest BCUT2D eigenvalue weighted by molar-refractivity contribution is 6.35. The maximum absolute atomic E-state index is 11.9. The average Bonchev–Trinajstić information content (AvgIpc) is 3.29. The van der Waals surface area contributed by atoms with Crippen LogP contribution in [-0.4, -0.2) is 50.5 Å². The summed E-state index contributed by atoms with van der Waals surface area (Å²) in [5.74, 6) is -0.979. The second-order valence-corrected chi connectivity index (χ2v) is 6.70. The molecule has 26 heavy (non-hydrogen) atoms. The third kappa shape index (κ3) is 4.53. The normalized spacial score (nSPS) is 20.9. The highest BCUT2D eigenvalue weighted by Gasteiger charge is 2.43. The van der Waals surface area contributed by atoms with Crippen molar-refractivity contribution in [1.29, 1.82) is 0 Å². The third-order valence-corrected chi connectivity index (χ3v) is 4.85. The Bertz CT molecular complexity index is 643. The molecule has 1 heterocycles. The van der Waals surface area contributed by atoms with Crippen LogP contribution in [-0.2, 0) is 25.5 Å². The number of carbonyl (C=O) groups excluding carboxylic acids is 2. The van der Waals surface area contributed by atoms with Crippen molar-refractivity contribution in [3.63, 3.8) is 0 Å². The van der Waals surface area contributed by atoms with Gasteiger partial charge < -0.3 is 24.8 Å². The third-order valence-electron chi connectivity index (χ3n) is 4.85. The molecular formula is C19H26N2O5. The Morgan fingerprint density at radius 2 is 1.92 bits per heavy atom. The molecule has 2 aliphatic rings. The van der Waals surface area contributed by atoms with Crippen molar-refractivity contribution in [2.75, 3.05) is 26.8 Å². The summed E-state index contributed by atoms with van der Waals surface area (Å²) < 4.78 is 16.9. The Balaban J connectivity index is 1.36. The van der Waals surface area contributed by atoms with Gasteiger partial charge in [-0.2, -0.15) is 0 Å². The van der Waals surface area contributed by atoms with Gasteiger partial charge in [-0.05, 0) is 30.9 Å². The number of hydrogen-bond acceptors (Lipinski definition) is 5. The molecule has 1 saturated carbocycles. The molecule has 1 aromatic rings. The van der Waals surface area contributed by atoms with Crippen molar-refractivity contribution in [3.05, 3.63) is 29.8 Å². The average molecular weight is 362 g/mol. The lowest BCUT2D eigenvalue weighted by atomic mass is 10.1. The molecule has 142 valence electrons. The van der Waals surface area contributed by atoms with Gasteiger partial charge in [-0.1, -0.05) is 18.2 Å². The van der Waals surface area contributed by atoms with Crippen LogP contribution in [0.15, 0.2) is 24.3 Å². The number of hydrogen-bond donors (Lipinski definition) is 2. The molecule has 2 N–H and O–H groups in total. The van der Waals surface area contributed by atoms with Crippen LogP contribution >= 0.6 is 0 Å². The number of methoxy groups -OCH3 is 1. The molecular weight excluding hydrogens is 336 g/mol. The van der Waals surface area contributed by atoms with Crippen LogP contribution in [0.25, 0.3) is 0 Å². The number of carbonyl (C=O) groups is 2. The minimum atomic E-state index is -0.652. The van der Waals surface area contributed by atoms with Gasteiger partial charge in [-0.15, -0.1) is 0 Å². The van der Waals surface area contributed by atoms with E-state index in [1.165, 1.54) is 0 Å². The molecule has 1 atom stereocenters. The molecule has 0 radical (unpaired) electrons. The quantitative estimate of drug-likeness (QED) is 0.742. The topological polar surface area (TPSA) is 85.9 Å². The monoisotopic (exact) mass is 362 g/mol. The SMILES string of the molecule is COc1ccccc1CCNC(=O)C(=O)NC[C@H]1COC2(CCCC2)O1. The van der Waals surface area contributed by atoms with Crippen LogP contribution in [0.4, 0.5) is 0 Å². The Kier molecular flexibility index (Phi) is 6.11. The van der Waals surface area contributed by atoms with E-state index in [0.29, 0.717) is 19.6 Å². The first-order valence-corrected chi connectivity index (χ1v) is 9.11. The molecule has 0 aromatic heterocycles. The highest BCUT2D eigenvalue weighted by atomic mass is 16.7. The standard InChI is InChI=1S/C19H26N2O5/c1-24-16-7-3-2-6-14(16)8-11-20-17(22)18(23)21-12-15-13-25-19(26-15)9-4-5-10-19/h2-3,6-7,15H,4-5,8-13H2,1H3,(H,20,22)(H,21,23)/t15-/m0/s1. The maximum Gasteiger partial charge on any atom is 0.309 e. The Labute approximate surface area is 153 Å². The van der Waals surface area contributed by atoms with Gasteiger partial charge in [-0.25, -0.2) is 0 Å². The molecule has 1 aliphatic heterocycles. The molecule has 1 spiro atoms. The minimum absolute atomic E-state index is 0.196. The summed E-state index contributed by atoms with van der Waals surface area (Å²) in [4.78, 5) is 23.8. The molecule has 3 rings (SSSR count). The number of nitrogens with one attached hydrogen (secondary N) is 2. The first-order chi connectivity index (χ1) is 12.6. The molecule has 1 aromatic carbocycles. The van der Waals surface area contributed by atoms with Crippen LogP contribution in [0.5, 0.6) is 5.75 Å². The van der Waals surface area contributed by atoms with Gasteiger partial charge in [0.1, 0.15) is 11.9 Å². The fourth-order valence-electron chi connectivity index (χ4n) is 3.48. The summed E-state index contributed by atoms with van der Waals surface area (Å²) in [6.07, 6.45) is 4.41. The van der Waals surface area contributed by atoms with Gasteiger partial charge in [0.25, 0.3) is 0 Å². The van der Waals surface area contributed by atoms with Gasteiger partial charge in [0.2, 0.25) is 0 Å². The summed E-state index contributed by atoms with van der Waals surface area (Å²) in [5.41, 5.74) is 0.981. The summed E-state index contributed by atoms with van der Waals surface area (Å²) in [7, 11) is 1.61. The van der Waals surface area contributed by atoms with E-state index in [2.05, 4.69) is 10.6 Å². The van der Waals surface area contributed by atoms with Crippen LogP contribution in [0.2, 0.25) is 0 Å². The number of ether oxygens (including phenoxy) is 3. The van der Waals surface area contributed by atoms with Crippen LogP contribution in [0.1, 0.15) is 31.2 Å². The van der Waals surface area contributed by atoms with Gasteiger partial charge in [0.15, 0.2) is 5.79 Å². The number of para-hydroxylation sites is 1. The van der Waals surface area contributed by atoms with Gasteiger partial charge >= 0.3 is 11.8 Å². The van der Waals surface area contributed by atoms with E-state index in [0.717, 1.165) is 37.0 Å². The predicted molar refractivity (Wildman–Crippen MR) is 94.7 cm³/mol. The summed E-state index contributed by atoms with van der Waals surface area (Å²) >= 11 is 0. The zero-order valence-electron chi connectivity index (χ0n) is 15.1. The Hall–Kier alpha value is -2.12. The minimum Gasteiger partial charge on any atom is -0.496 e. The van der Waals surface area contributed by atoms with E-state index < -0.39 is 17.6 Å². The Morgan fingerprint density at radius 1 is 1.19 bits per heavy atom. The Morgan fingerprint density at radius 3 is 2.69 bits per heavy atom. The maximum atomic E-state index is 11.9. The summed E-state index contributed by atoms with van der Waals surface area (Å²) in [5, 5.41) is 5.25. The highest BCUT2D eigenvalue weighted by Crippen LogP contribution is 2.38. The van der Waals surface area contributed by atoms with E-state index in [9.17, 15) is 9.59 Å². The van der Waals surface area contributed by atoms with Crippen molar-refractivity contribution in [2.45, 2.75) is 44.0 Å². The van der Waals surface area contributed by atoms with E-state index >= 15 is 0 Å². The predicted octanol–water partition coefficient (Wildman–Crippen LogP) is 1.16. The molecule has 2 fully saturated rings. The van der Waals surface area contributed by atoms with Crippen molar-refractivity contribution in [3.8, 4) is 5.75 Å². The van der Waals surface area contributed by atoms with E-state index in [-0.39, 0.29) is 12.6 Å². The van der Waals surface area contributed by atoms with Crippen molar-refractivity contribution < 1.29 is 23.8 Å². The van der Waals surface area contributed by atoms with E-state index in [1.54, 1.807) is 7.11 Å². The fraction of sp³-hybridized carbons (Fsp3) is 0.579. The number of benzene rings is 1. The van der Waals surface area contributed by atoms with E-state index in [1.807, 2.05) is 24.3 Å². The molecule has 2 amide bonds. The van der Waals surface area contributed by atoms with Gasteiger partial charge in [0.05, 0.1) is 13.7 Å². The van der Waals surface area contributed by atoms with E-state index in [4.69, 9.17) is 14.2 Å². The molecule has 1 saturated heterocycles. The lowest BCUT2D eigenvalue weighted by Gasteiger charge is -2.21. The molecule has 0 bridgehead atoms. The first-order valence-electron chi connectivity index (χ1n) is 9.11. The first kappa shape index (κ1) is 18.7. The fourth-order valence-corrected chi connectivity index (χ4v) is 3.48. The van der Waals surface area contributed by atoms with Crippen LogP contribution in [0, 0.1) is 0 Å². The summed E-state index contributed by atoms with van der Waals surface area (Å²) in [6.45, 7) is 1.09. The van der Waals surface area contributed by atoms with Crippen molar-refractivity contribution in [1.82, 2.24) is 10.6 Å². The molecule has 7 heteroatoms. The van der Waals surface area contributed by atoms with Gasteiger partial charge in [-0.3, -0.25) is 9.59 Å². The van der Waals surface area contributed by atoms with Crippen LogP contribution in [0.3, 0.4) is 0 Å².